The number of hydrogen-bond acceptors (Lipinski definition) is 6. The highest BCUT2D eigenvalue weighted by atomic mass is 16.6. The molecule has 1 amide bonds. The van der Waals surface area contributed by atoms with Crippen molar-refractivity contribution in [3.63, 3.8) is 0 Å². The molecule has 0 aliphatic heterocycles. The van der Waals surface area contributed by atoms with E-state index in [9.17, 15) is 9.59 Å². The summed E-state index contributed by atoms with van der Waals surface area (Å²) >= 11 is 0. The third-order valence-corrected chi connectivity index (χ3v) is 3.65. The lowest BCUT2D eigenvalue weighted by Crippen LogP contribution is -2.45. The summed E-state index contributed by atoms with van der Waals surface area (Å²) in [5, 5.41) is 2.58. The molecule has 1 aromatic heterocycles. The Morgan fingerprint density at radius 1 is 1.35 bits per heavy atom. The summed E-state index contributed by atoms with van der Waals surface area (Å²) in [7, 11) is 1.84. The highest BCUT2D eigenvalue weighted by molar-refractivity contribution is 5.82. The van der Waals surface area contributed by atoms with E-state index in [1.54, 1.807) is 39.8 Å². The molecule has 1 aromatic carbocycles. The first kappa shape index (κ1) is 19.6. The van der Waals surface area contributed by atoms with Gasteiger partial charge in [0, 0.05) is 19.2 Å². The monoisotopic (exact) mass is 362 g/mol. The standard InChI is InChI=1S/C18H26N4O4/c1-6-25-16(23)13(21-17(24)26-18(2,3)4)10-15-20-12-9-11(19)7-8-14(12)22(15)5/h7-9,13H,6,10,19H2,1-5H3,(H,21,24). The topological polar surface area (TPSA) is 108 Å². The molecule has 1 unspecified atom stereocenters. The molecule has 8 nitrogen and oxygen atoms in total. The zero-order valence-electron chi connectivity index (χ0n) is 15.8. The molecule has 1 heterocycles. The van der Waals surface area contributed by atoms with Gasteiger partial charge in [0.05, 0.1) is 17.6 Å². The fourth-order valence-corrected chi connectivity index (χ4v) is 2.52. The van der Waals surface area contributed by atoms with Crippen molar-refractivity contribution in [2.45, 2.75) is 45.8 Å². The number of carbonyl (C=O) groups is 2. The van der Waals surface area contributed by atoms with E-state index in [1.807, 2.05) is 17.7 Å². The minimum Gasteiger partial charge on any atom is -0.464 e. The number of alkyl carbamates (subject to hydrolysis) is 1. The van der Waals surface area contributed by atoms with Gasteiger partial charge in [-0.25, -0.2) is 14.6 Å². The van der Waals surface area contributed by atoms with Crippen molar-refractivity contribution in [1.29, 1.82) is 0 Å². The van der Waals surface area contributed by atoms with Gasteiger partial charge >= 0.3 is 12.1 Å². The molecular weight excluding hydrogens is 336 g/mol. The first-order chi connectivity index (χ1) is 12.1. The van der Waals surface area contributed by atoms with E-state index in [2.05, 4.69) is 10.3 Å². The van der Waals surface area contributed by atoms with Gasteiger partial charge in [0.1, 0.15) is 17.5 Å². The van der Waals surface area contributed by atoms with Crippen LogP contribution in [0.5, 0.6) is 0 Å². The smallest absolute Gasteiger partial charge is 0.408 e. The SMILES string of the molecule is CCOC(=O)C(Cc1nc2cc(N)ccc2n1C)NC(=O)OC(C)(C)C. The number of anilines is 1. The van der Waals surface area contributed by atoms with E-state index >= 15 is 0 Å². The number of rotatable bonds is 5. The number of imidazole rings is 1. The van der Waals surface area contributed by atoms with Crippen molar-refractivity contribution in [1.82, 2.24) is 14.9 Å². The Labute approximate surface area is 152 Å². The van der Waals surface area contributed by atoms with E-state index in [0.29, 0.717) is 11.5 Å². The summed E-state index contributed by atoms with van der Waals surface area (Å²) in [6.45, 7) is 7.18. The van der Waals surface area contributed by atoms with Gasteiger partial charge in [-0.3, -0.25) is 0 Å². The Hall–Kier alpha value is -2.77. The number of nitrogens with zero attached hydrogens (tertiary/aromatic N) is 2. The van der Waals surface area contributed by atoms with Crippen molar-refractivity contribution in [3.05, 3.63) is 24.0 Å². The van der Waals surface area contributed by atoms with Crippen molar-refractivity contribution in [2.24, 2.45) is 7.05 Å². The van der Waals surface area contributed by atoms with Gasteiger partial charge in [-0.05, 0) is 45.9 Å². The quantitative estimate of drug-likeness (QED) is 0.623. The lowest BCUT2D eigenvalue weighted by Gasteiger charge is -2.22. The number of nitrogen functional groups attached to an aromatic ring is 1. The molecule has 2 rings (SSSR count). The largest absolute Gasteiger partial charge is 0.464 e. The summed E-state index contributed by atoms with van der Waals surface area (Å²) < 4.78 is 12.2. The number of aryl methyl sites for hydroxylation is 1. The van der Waals surface area contributed by atoms with E-state index < -0.39 is 23.7 Å². The molecule has 0 saturated heterocycles. The van der Waals surface area contributed by atoms with Crippen LogP contribution in [0.15, 0.2) is 18.2 Å². The van der Waals surface area contributed by atoms with Crippen LogP contribution in [-0.4, -0.2) is 39.9 Å². The predicted molar refractivity (Wildman–Crippen MR) is 98.6 cm³/mol. The number of amides is 1. The molecule has 1 atom stereocenters. The van der Waals surface area contributed by atoms with Crippen LogP contribution in [-0.2, 0) is 27.7 Å². The second-order valence-electron chi connectivity index (χ2n) is 6.99. The van der Waals surface area contributed by atoms with Gasteiger partial charge in [-0.2, -0.15) is 0 Å². The minimum absolute atomic E-state index is 0.170. The Kier molecular flexibility index (Phi) is 5.74. The Balaban J connectivity index is 2.25. The number of aromatic nitrogens is 2. The summed E-state index contributed by atoms with van der Waals surface area (Å²) in [6.07, 6.45) is -0.512. The van der Waals surface area contributed by atoms with Crippen molar-refractivity contribution in [3.8, 4) is 0 Å². The number of ether oxygens (including phenoxy) is 2. The van der Waals surface area contributed by atoms with E-state index in [1.165, 1.54) is 0 Å². The van der Waals surface area contributed by atoms with Gasteiger partial charge in [0.25, 0.3) is 0 Å². The highest BCUT2D eigenvalue weighted by Gasteiger charge is 2.27. The van der Waals surface area contributed by atoms with Crippen molar-refractivity contribution < 1.29 is 19.1 Å². The molecule has 8 heteroatoms. The van der Waals surface area contributed by atoms with Crippen LogP contribution in [0.25, 0.3) is 11.0 Å². The number of nitrogens with one attached hydrogen (secondary N) is 1. The van der Waals surface area contributed by atoms with Crippen LogP contribution < -0.4 is 11.1 Å². The van der Waals surface area contributed by atoms with Crippen LogP contribution in [0.2, 0.25) is 0 Å². The molecule has 3 N–H and O–H groups in total. The van der Waals surface area contributed by atoms with Gasteiger partial charge in [0.2, 0.25) is 0 Å². The first-order valence-electron chi connectivity index (χ1n) is 8.47. The third-order valence-electron chi connectivity index (χ3n) is 3.65. The number of carbonyl (C=O) groups excluding carboxylic acids is 2. The number of esters is 1. The number of nitrogens with two attached hydrogens (primary N) is 1. The number of fused-ring (bicyclic) bond motifs is 1. The normalized spacial score (nSPS) is 12.7. The average molecular weight is 362 g/mol. The van der Waals surface area contributed by atoms with Gasteiger partial charge in [0.15, 0.2) is 0 Å². The van der Waals surface area contributed by atoms with Gasteiger partial charge in [-0.15, -0.1) is 0 Å². The third kappa shape index (κ3) is 4.87. The summed E-state index contributed by atoms with van der Waals surface area (Å²) in [4.78, 5) is 28.9. The van der Waals surface area contributed by atoms with Crippen LogP contribution in [0.1, 0.15) is 33.5 Å². The second kappa shape index (κ2) is 7.63. The van der Waals surface area contributed by atoms with E-state index in [0.717, 1.165) is 11.0 Å². The second-order valence-corrected chi connectivity index (χ2v) is 6.99. The summed E-state index contributed by atoms with van der Waals surface area (Å²) in [5.41, 5.74) is 7.35. The zero-order valence-corrected chi connectivity index (χ0v) is 15.8. The van der Waals surface area contributed by atoms with Crippen molar-refractivity contribution >= 4 is 28.8 Å². The van der Waals surface area contributed by atoms with Crippen LogP contribution in [0, 0.1) is 0 Å². The zero-order chi connectivity index (χ0) is 19.5. The van der Waals surface area contributed by atoms with Crippen LogP contribution in [0.4, 0.5) is 10.5 Å². The maximum atomic E-state index is 12.3. The fraction of sp³-hybridized carbons (Fsp3) is 0.500. The Morgan fingerprint density at radius 2 is 2.04 bits per heavy atom. The van der Waals surface area contributed by atoms with Crippen LogP contribution >= 0.6 is 0 Å². The molecule has 0 aliphatic rings. The van der Waals surface area contributed by atoms with E-state index in [-0.39, 0.29) is 13.0 Å². The molecule has 2 aromatic rings. The molecular formula is C18H26N4O4. The summed E-state index contributed by atoms with van der Waals surface area (Å²) in [5.74, 6) is 0.0876. The number of benzene rings is 1. The first-order valence-corrected chi connectivity index (χ1v) is 8.47. The molecule has 0 spiro atoms. The lowest BCUT2D eigenvalue weighted by atomic mass is 10.2. The minimum atomic E-state index is -0.905. The predicted octanol–water partition coefficient (Wildman–Crippen LogP) is 2.15. The Morgan fingerprint density at radius 3 is 2.65 bits per heavy atom. The molecule has 0 aliphatic carbocycles. The average Bonchev–Trinajstić information content (AvgIpc) is 2.80. The van der Waals surface area contributed by atoms with Gasteiger partial charge < -0.3 is 25.1 Å². The fourth-order valence-electron chi connectivity index (χ4n) is 2.52. The molecule has 0 saturated carbocycles. The van der Waals surface area contributed by atoms with E-state index in [4.69, 9.17) is 15.2 Å². The molecule has 142 valence electrons. The molecule has 0 fully saturated rings. The molecule has 0 radical (unpaired) electrons. The maximum absolute atomic E-state index is 12.3. The Bertz CT molecular complexity index is 807. The summed E-state index contributed by atoms with van der Waals surface area (Å²) in [6, 6.07) is 4.51. The molecule has 26 heavy (non-hydrogen) atoms. The molecule has 0 bridgehead atoms. The van der Waals surface area contributed by atoms with Gasteiger partial charge in [-0.1, -0.05) is 0 Å². The number of hydrogen-bond donors (Lipinski definition) is 2. The van der Waals surface area contributed by atoms with Crippen LogP contribution in [0.3, 0.4) is 0 Å². The highest BCUT2D eigenvalue weighted by Crippen LogP contribution is 2.19. The maximum Gasteiger partial charge on any atom is 0.408 e. The van der Waals surface area contributed by atoms with Crippen molar-refractivity contribution in [2.75, 3.05) is 12.3 Å². The lowest BCUT2D eigenvalue weighted by molar-refractivity contribution is -0.145.